The van der Waals surface area contributed by atoms with Gasteiger partial charge in [0, 0.05) is 27.8 Å². The number of fused-ring (bicyclic) bond motifs is 3. The molecular formula is C29H23ClFN3O4. The largest absolute Gasteiger partial charge is 0.493 e. The van der Waals surface area contributed by atoms with Gasteiger partial charge in [0.2, 0.25) is 5.91 Å². The van der Waals surface area contributed by atoms with E-state index in [1.54, 1.807) is 65.6 Å². The number of nitrogens with two attached hydrogens (primary N) is 1. The molecule has 0 spiro atoms. The van der Waals surface area contributed by atoms with Crippen molar-refractivity contribution in [3.8, 4) is 17.6 Å². The van der Waals surface area contributed by atoms with Crippen LogP contribution in [0.2, 0.25) is 5.02 Å². The highest BCUT2D eigenvalue weighted by Crippen LogP contribution is 2.56. The average Bonchev–Trinajstić information content (AvgIpc) is 3.24. The first-order valence-electron chi connectivity index (χ1n) is 11.8. The Morgan fingerprint density at radius 2 is 1.76 bits per heavy atom. The number of Topliss-reactive ketones (excluding diaryl/α,β-unsaturated/α-hetero) is 1. The van der Waals surface area contributed by atoms with Gasteiger partial charge in [-0.05, 0) is 60.2 Å². The number of amides is 1. The summed E-state index contributed by atoms with van der Waals surface area (Å²) in [4.78, 5) is 29.3. The van der Waals surface area contributed by atoms with Crippen molar-refractivity contribution in [2.75, 3.05) is 19.1 Å². The number of halogens is 2. The summed E-state index contributed by atoms with van der Waals surface area (Å²) in [6, 6.07) is 15.8. The lowest BCUT2D eigenvalue weighted by atomic mass is 9.67. The van der Waals surface area contributed by atoms with Gasteiger partial charge in [0.05, 0.1) is 26.3 Å². The first kappa shape index (κ1) is 25.3. The molecule has 0 bridgehead atoms. The van der Waals surface area contributed by atoms with E-state index in [0.29, 0.717) is 38.9 Å². The molecule has 2 N–H and O–H groups in total. The second kappa shape index (κ2) is 9.51. The number of benzene rings is 3. The van der Waals surface area contributed by atoms with Crippen molar-refractivity contribution in [1.82, 2.24) is 0 Å². The number of ketones is 1. The number of primary amides is 1. The lowest BCUT2D eigenvalue weighted by molar-refractivity contribution is -0.125. The molecular weight excluding hydrogens is 509 g/mol. The Kier molecular flexibility index (Phi) is 6.33. The minimum atomic E-state index is -1.85. The van der Waals surface area contributed by atoms with Crippen LogP contribution in [0.4, 0.5) is 10.1 Å². The molecule has 3 aromatic rings. The monoisotopic (exact) mass is 531 g/mol. The number of hydrogen-bond acceptors (Lipinski definition) is 6. The summed E-state index contributed by atoms with van der Waals surface area (Å²) < 4.78 is 25.0. The van der Waals surface area contributed by atoms with E-state index < -0.39 is 35.1 Å². The number of anilines is 1. The zero-order chi connectivity index (χ0) is 27.2. The predicted octanol–water partition coefficient (Wildman–Crippen LogP) is 4.74. The first-order valence-corrected chi connectivity index (χ1v) is 12.1. The third kappa shape index (κ3) is 3.70. The maximum Gasteiger partial charge on any atom is 0.241 e. The number of rotatable bonds is 6. The van der Waals surface area contributed by atoms with E-state index in [0.717, 1.165) is 0 Å². The van der Waals surface area contributed by atoms with Crippen LogP contribution in [-0.4, -0.2) is 38.0 Å². The van der Waals surface area contributed by atoms with Gasteiger partial charge in [0.25, 0.3) is 0 Å². The molecule has 0 aromatic heterocycles. The van der Waals surface area contributed by atoms with Gasteiger partial charge in [-0.2, -0.15) is 5.26 Å². The summed E-state index contributed by atoms with van der Waals surface area (Å²) in [5.41, 5.74) is 5.99. The number of nitriles is 1. The summed E-state index contributed by atoms with van der Waals surface area (Å²) in [7, 11) is 2.96. The van der Waals surface area contributed by atoms with Crippen LogP contribution >= 0.6 is 11.6 Å². The van der Waals surface area contributed by atoms with E-state index in [2.05, 4.69) is 6.07 Å². The summed E-state index contributed by atoms with van der Waals surface area (Å²) in [6.45, 7) is 0. The molecule has 0 radical (unpaired) electrons. The second-order valence-corrected chi connectivity index (χ2v) is 9.60. The van der Waals surface area contributed by atoms with Gasteiger partial charge in [-0.25, -0.2) is 4.39 Å². The number of carbonyl (C=O) groups excluding carboxylic acids is 2. The van der Waals surface area contributed by atoms with Crippen LogP contribution in [0.5, 0.6) is 11.5 Å². The molecule has 1 fully saturated rings. The molecule has 38 heavy (non-hydrogen) atoms. The van der Waals surface area contributed by atoms with Gasteiger partial charge in [0.15, 0.2) is 22.7 Å². The van der Waals surface area contributed by atoms with Crippen LogP contribution in [0.1, 0.15) is 27.4 Å². The molecule has 0 unspecified atom stereocenters. The molecule has 192 valence electrons. The van der Waals surface area contributed by atoms with Crippen molar-refractivity contribution in [2.45, 2.75) is 18.0 Å². The lowest BCUT2D eigenvalue weighted by Gasteiger charge is -2.36. The fraction of sp³-hybridized carbons (Fsp3) is 0.207. The molecule has 2 heterocycles. The lowest BCUT2D eigenvalue weighted by Crippen LogP contribution is -2.49. The highest BCUT2D eigenvalue weighted by atomic mass is 35.5. The van der Waals surface area contributed by atoms with Crippen molar-refractivity contribution in [1.29, 1.82) is 5.26 Å². The van der Waals surface area contributed by atoms with Gasteiger partial charge >= 0.3 is 0 Å². The summed E-state index contributed by atoms with van der Waals surface area (Å²) >= 11 is 6.07. The van der Waals surface area contributed by atoms with E-state index in [-0.39, 0.29) is 5.78 Å². The Balaban J connectivity index is 1.81. The molecule has 7 nitrogen and oxygen atoms in total. The molecule has 1 amide bonds. The molecule has 1 saturated heterocycles. The molecule has 2 aliphatic rings. The van der Waals surface area contributed by atoms with Crippen molar-refractivity contribution in [3.05, 3.63) is 94.3 Å². The SMILES string of the molecule is COc1ccc([C@@H]2[C@H](C(=O)c3ccc(Cl)cc3)N3c4ccc(F)cc4C=C[C@H]3[C@@]2(C#N)C(N)=O)cc1OC. The topological polar surface area (TPSA) is 106 Å². The second-order valence-electron chi connectivity index (χ2n) is 9.17. The molecule has 4 atom stereocenters. The Hall–Kier alpha value is -4.35. The van der Waals surface area contributed by atoms with Gasteiger partial charge < -0.3 is 20.1 Å². The average molecular weight is 532 g/mol. The highest BCUT2D eigenvalue weighted by molar-refractivity contribution is 6.30. The van der Waals surface area contributed by atoms with Crippen LogP contribution in [0.15, 0.2) is 66.7 Å². The maximum atomic E-state index is 14.3. The zero-order valence-electron chi connectivity index (χ0n) is 20.5. The first-order chi connectivity index (χ1) is 18.3. The van der Waals surface area contributed by atoms with Crippen LogP contribution in [0.3, 0.4) is 0 Å². The van der Waals surface area contributed by atoms with Gasteiger partial charge in [0.1, 0.15) is 11.9 Å². The fourth-order valence-corrected chi connectivity index (χ4v) is 5.79. The number of ether oxygens (including phenoxy) is 2. The smallest absolute Gasteiger partial charge is 0.241 e. The minimum Gasteiger partial charge on any atom is -0.493 e. The predicted molar refractivity (Wildman–Crippen MR) is 141 cm³/mol. The van der Waals surface area contributed by atoms with Gasteiger partial charge in [-0.1, -0.05) is 29.8 Å². The number of carbonyl (C=O) groups is 2. The van der Waals surface area contributed by atoms with E-state index in [9.17, 15) is 19.2 Å². The number of methoxy groups -OCH3 is 2. The third-order valence-electron chi connectivity index (χ3n) is 7.35. The van der Waals surface area contributed by atoms with E-state index >= 15 is 0 Å². The van der Waals surface area contributed by atoms with E-state index in [1.807, 2.05) is 0 Å². The molecule has 0 aliphatic carbocycles. The fourth-order valence-electron chi connectivity index (χ4n) is 5.66. The van der Waals surface area contributed by atoms with E-state index in [4.69, 9.17) is 26.8 Å². The van der Waals surface area contributed by atoms with Crippen LogP contribution in [0, 0.1) is 22.6 Å². The van der Waals surface area contributed by atoms with E-state index in [1.165, 1.54) is 26.4 Å². The van der Waals surface area contributed by atoms with Crippen molar-refractivity contribution >= 4 is 35.1 Å². The summed E-state index contributed by atoms with van der Waals surface area (Å²) in [5, 5.41) is 11.1. The third-order valence-corrected chi connectivity index (χ3v) is 7.61. The highest BCUT2D eigenvalue weighted by Gasteiger charge is 2.66. The van der Waals surface area contributed by atoms with Crippen molar-refractivity contribution in [2.24, 2.45) is 11.1 Å². The maximum absolute atomic E-state index is 14.3. The molecule has 5 rings (SSSR count). The Bertz CT molecular complexity index is 1520. The zero-order valence-corrected chi connectivity index (χ0v) is 21.3. The molecule has 2 aliphatic heterocycles. The standard InChI is InChI=1S/C29H23ClFN3O4/c1-37-22-11-5-18(14-23(22)38-2)25-26(27(35)16-3-7-19(30)8-4-16)34-21-10-9-20(31)13-17(21)6-12-24(34)29(25,15-32)28(33)36/h3-14,24-26H,1-2H3,(H2,33,36)/t24-,25+,26+,29+/m0/s1. The van der Waals surface area contributed by atoms with Crippen LogP contribution < -0.4 is 20.1 Å². The van der Waals surface area contributed by atoms with Crippen LogP contribution in [-0.2, 0) is 4.79 Å². The summed E-state index contributed by atoms with van der Waals surface area (Å²) in [6.07, 6.45) is 3.29. The van der Waals surface area contributed by atoms with Gasteiger partial charge in [-0.3, -0.25) is 9.59 Å². The normalized spacial score (nSPS) is 23.2. The summed E-state index contributed by atoms with van der Waals surface area (Å²) in [5.74, 6) is -1.90. The van der Waals surface area contributed by atoms with Gasteiger partial charge in [-0.15, -0.1) is 0 Å². The van der Waals surface area contributed by atoms with Crippen LogP contribution in [0.25, 0.3) is 6.08 Å². The number of hydrogen-bond donors (Lipinski definition) is 1. The molecule has 3 aromatic carbocycles. The Morgan fingerprint density at radius 1 is 1.05 bits per heavy atom. The number of nitrogens with zero attached hydrogens (tertiary/aromatic N) is 2. The van der Waals surface area contributed by atoms with Crippen molar-refractivity contribution in [3.63, 3.8) is 0 Å². The van der Waals surface area contributed by atoms with Crippen molar-refractivity contribution < 1.29 is 23.5 Å². The quantitative estimate of drug-likeness (QED) is 0.460. The molecule has 9 heteroatoms. The molecule has 0 saturated carbocycles. The Labute approximate surface area is 223 Å². The Morgan fingerprint density at radius 3 is 2.39 bits per heavy atom. The minimum absolute atomic E-state index is 0.333.